The van der Waals surface area contributed by atoms with Gasteiger partial charge < -0.3 is 19.9 Å². The molecule has 0 spiro atoms. The molecule has 0 radical (unpaired) electrons. The van der Waals surface area contributed by atoms with E-state index >= 15 is 0 Å². The van der Waals surface area contributed by atoms with Gasteiger partial charge in [-0.05, 0) is 31.0 Å². The third-order valence-electron chi connectivity index (χ3n) is 4.51. The molecule has 1 atom stereocenters. The van der Waals surface area contributed by atoms with Crippen LogP contribution in [0, 0.1) is 0 Å². The van der Waals surface area contributed by atoms with Gasteiger partial charge in [0, 0.05) is 31.2 Å². The molecule has 1 aromatic rings. The highest BCUT2D eigenvalue weighted by molar-refractivity contribution is 6.31. The number of hydrogen-bond donors (Lipinski definition) is 2. The van der Waals surface area contributed by atoms with Crippen molar-refractivity contribution >= 4 is 17.5 Å². The minimum absolute atomic E-state index is 0.120. The fraction of sp³-hybridized carbons (Fsp3) is 0.588. The van der Waals surface area contributed by atoms with E-state index in [0.717, 1.165) is 18.5 Å². The van der Waals surface area contributed by atoms with E-state index in [1.54, 1.807) is 13.1 Å². The van der Waals surface area contributed by atoms with E-state index in [0.29, 0.717) is 49.2 Å². The van der Waals surface area contributed by atoms with Crippen molar-refractivity contribution in [3.05, 3.63) is 22.7 Å². The van der Waals surface area contributed by atoms with Gasteiger partial charge in [-0.25, -0.2) is 0 Å². The topological polar surface area (TPSA) is 71.0 Å². The van der Waals surface area contributed by atoms with Crippen LogP contribution in [0.4, 0.5) is 0 Å². The lowest BCUT2D eigenvalue weighted by Crippen LogP contribution is -2.49. The molecule has 0 saturated carbocycles. The first-order valence-corrected chi connectivity index (χ1v) is 8.60. The van der Waals surface area contributed by atoms with Crippen molar-refractivity contribution in [2.75, 3.05) is 33.4 Å². The highest BCUT2D eigenvalue weighted by Gasteiger charge is 2.35. The van der Waals surface area contributed by atoms with Crippen LogP contribution in [0.5, 0.6) is 11.5 Å². The minimum Gasteiger partial charge on any atom is -0.486 e. The summed E-state index contributed by atoms with van der Waals surface area (Å²) in [6.45, 7) is 2.97. The molecule has 1 unspecified atom stereocenters. The Balaban J connectivity index is 1.70. The van der Waals surface area contributed by atoms with E-state index in [-0.39, 0.29) is 12.3 Å². The van der Waals surface area contributed by atoms with Crippen LogP contribution in [0.1, 0.15) is 24.8 Å². The predicted molar refractivity (Wildman–Crippen MR) is 90.6 cm³/mol. The lowest BCUT2D eigenvalue weighted by atomic mass is 9.89. The van der Waals surface area contributed by atoms with Crippen LogP contribution in [0.3, 0.4) is 0 Å². The molecule has 1 saturated heterocycles. The van der Waals surface area contributed by atoms with E-state index < -0.39 is 5.60 Å². The lowest BCUT2D eigenvalue weighted by molar-refractivity contribution is -0.128. The third kappa shape index (κ3) is 3.94. The number of β-amino-alcohol motifs (C(OH)–C–C–N with tert-alkyl or cyclic N) is 1. The molecule has 0 aromatic heterocycles. The largest absolute Gasteiger partial charge is 0.486 e. The molecule has 1 aromatic carbocycles. The molecule has 0 bridgehead atoms. The number of carbonyl (C=O) groups excluding carboxylic acids is 1. The minimum atomic E-state index is -0.987. The van der Waals surface area contributed by atoms with Gasteiger partial charge in [-0.2, -0.15) is 0 Å². The summed E-state index contributed by atoms with van der Waals surface area (Å²) in [5, 5.41) is 13.9. The number of aliphatic hydroxyl groups is 1. The van der Waals surface area contributed by atoms with Crippen LogP contribution >= 0.6 is 11.6 Å². The fourth-order valence-electron chi connectivity index (χ4n) is 3.34. The van der Waals surface area contributed by atoms with Gasteiger partial charge in [0.25, 0.3) is 0 Å². The number of fused-ring (bicyclic) bond motifs is 1. The number of halogens is 1. The summed E-state index contributed by atoms with van der Waals surface area (Å²) in [4.78, 5) is 13.8. The molecular formula is C17H23ClN2O4. The molecule has 2 aliphatic rings. The summed E-state index contributed by atoms with van der Waals surface area (Å²) in [7, 11) is 1.58. The number of benzene rings is 1. The summed E-state index contributed by atoms with van der Waals surface area (Å²) in [6, 6.07) is 3.69. The van der Waals surface area contributed by atoms with Crippen LogP contribution in [-0.4, -0.2) is 54.9 Å². The van der Waals surface area contributed by atoms with Gasteiger partial charge in [-0.1, -0.05) is 11.6 Å². The van der Waals surface area contributed by atoms with E-state index in [1.165, 1.54) is 0 Å². The zero-order chi connectivity index (χ0) is 17.2. The maximum Gasteiger partial charge on any atom is 0.222 e. The lowest BCUT2D eigenvalue weighted by Gasteiger charge is -2.39. The molecule has 2 heterocycles. The Morgan fingerprint density at radius 1 is 1.38 bits per heavy atom. The maximum absolute atomic E-state index is 11.6. The Bertz CT molecular complexity index is 625. The molecule has 0 aliphatic carbocycles. The van der Waals surface area contributed by atoms with Crippen molar-refractivity contribution < 1.29 is 19.4 Å². The molecule has 2 N–H and O–H groups in total. The molecule has 2 aliphatic heterocycles. The summed E-state index contributed by atoms with van der Waals surface area (Å²) in [5.41, 5.74) is -0.0522. The number of carbonyl (C=O) groups is 1. The second-order valence-corrected chi connectivity index (χ2v) is 6.88. The molecule has 1 amide bonds. The SMILES string of the molecule is CNC(=O)CC1(O)CCCN(Cc2cc3c(cc2Cl)OCCO3)C1. The quantitative estimate of drug-likeness (QED) is 0.859. The van der Waals surface area contributed by atoms with Gasteiger partial charge in [-0.3, -0.25) is 9.69 Å². The second kappa shape index (κ2) is 7.17. The van der Waals surface area contributed by atoms with Crippen LogP contribution in [0.2, 0.25) is 5.02 Å². The standard InChI is InChI=1S/C17H23ClN2O4/c1-19-16(21)9-17(22)3-2-4-20(11-17)10-12-7-14-15(8-13(12)18)24-6-5-23-14/h7-8,22H,2-6,9-11H2,1H3,(H,19,21). The Morgan fingerprint density at radius 3 is 2.79 bits per heavy atom. The van der Waals surface area contributed by atoms with E-state index in [2.05, 4.69) is 10.2 Å². The molecular weight excluding hydrogens is 332 g/mol. The second-order valence-electron chi connectivity index (χ2n) is 6.48. The zero-order valence-corrected chi connectivity index (χ0v) is 14.6. The molecule has 3 rings (SSSR count). The molecule has 1 fully saturated rings. The van der Waals surface area contributed by atoms with Gasteiger partial charge >= 0.3 is 0 Å². The Kier molecular flexibility index (Phi) is 5.18. The van der Waals surface area contributed by atoms with Gasteiger partial charge in [0.2, 0.25) is 5.91 Å². The summed E-state index contributed by atoms with van der Waals surface area (Å²) in [5.74, 6) is 1.24. The number of ether oxygens (including phenoxy) is 2. The van der Waals surface area contributed by atoms with Crippen molar-refractivity contribution in [1.82, 2.24) is 10.2 Å². The summed E-state index contributed by atoms with van der Waals surface area (Å²) < 4.78 is 11.1. The Morgan fingerprint density at radius 2 is 2.08 bits per heavy atom. The van der Waals surface area contributed by atoms with Gasteiger partial charge in [-0.15, -0.1) is 0 Å². The molecule has 24 heavy (non-hydrogen) atoms. The van der Waals surface area contributed by atoms with Gasteiger partial charge in [0.1, 0.15) is 13.2 Å². The normalized spacial score (nSPS) is 23.8. The summed E-state index contributed by atoms with van der Waals surface area (Å²) >= 11 is 6.37. The van der Waals surface area contributed by atoms with Crippen molar-refractivity contribution in [1.29, 1.82) is 0 Å². The van der Waals surface area contributed by atoms with Gasteiger partial charge in [0.15, 0.2) is 11.5 Å². The molecule has 7 heteroatoms. The predicted octanol–water partition coefficient (Wildman–Crippen LogP) is 1.57. The highest BCUT2D eigenvalue weighted by Crippen LogP contribution is 2.36. The van der Waals surface area contributed by atoms with E-state index in [1.807, 2.05) is 6.07 Å². The summed E-state index contributed by atoms with van der Waals surface area (Å²) in [6.07, 6.45) is 1.59. The maximum atomic E-state index is 11.6. The van der Waals surface area contributed by atoms with Crippen molar-refractivity contribution in [2.45, 2.75) is 31.4 Å². The van der Waals surface area contributed by atoms with Crippen molar-refractivity contribution in [2.24, 2.45) is 0 Å². The van der Waals surface area contributed by atoms with Crippen LogP contribution < -0.4 is 14.8 Å². The number of rotatable bonds is 4. The highest BCUT2D eigenvalue weighted by atomic mass is 35.5. The number of amides is 1. The average Bonchev–Trinajstić information content (AvgIpc) is 2.55. The first-order valence-electron chi connectivity index (χ1n) is 8.22. The number of piperidine rings is 1. The molecule has 132 valence electrons. The fourth-order valence-corrected chi connectivity index (χ4v) is 3.55. The Hall–Kier alpha value is -1.50. The monoisotopic (exact) mass is 354 g/mol. The third-order valence-corrected chi connectivity index (χ3v) is 4.86. The number of nitrogens with one attached hydrogen (secondary N) is 1. The van der Waals surface area contributed by atoms with Crippen LogP contribution in [-0.2, 0) is 11.3 Å². The Labute approximate surface area is 146 Å². The van der Waals surface area contributed by atoms with Crippen LogP contribution in [0.15, 0.2) is 12.1 Å². The smallest absolute Gasteiger partial charge is 0.222 e. The molecule has 6 nitrogen and oxygen atoms in total. The number of nitrogens with zero attached hydrogens (tertiary/aromatic N) is 1. The van der Waals surface area contributed by atoms with Crippen molar-refractivity contribution in [3.8, 4) is 11.5 Å². The van der Waals surface area contributed by atoms with Gasteiger partial charge in [0.05, 0.1) is 12.0 Å². The average molecular weight is 355 g/mol. The van der Waals surface area contributed by atoms with E-state index in [9.17, 15) is 9.90 Å². The van der Waals surface area contributed by atoms with E-state index in [4.69, 9.17) is 21.1 Å². The first kappa shape index (κ1) is 17.3. The number of likely N-dealkylation sites (tertiary alicyclic amines) is 1. The zero-order valence-electron chi connectivity index (χ0n) is 13.8. The number of hydrogen-bond acceptors (Lipinski definition) is 5. The first-order chi connectivity index (χ1) is 11.5. The van der Waals surface area contributed by atoms with Crippen LogP contribution in [0.25, 0.3) is 0 Å². The van der Waals surface area contributed by atoms with Crippen molar-refractivity contribution in [3.63, 3.8) is 0 Å².